The molecular formula is C12H15NO4. The van der Waals surface area contributed by atoms with Gasteiger partial charge in [-0.1, -0.05) is 12.1 Å². The van der Waals surface area contributed by atoms with E-state index in [4.69, 9.17) is 10.2 Å². The van der Waals surface area contributed by atoms with E-state index >= 15 is 0 Å². The Hall–Kier alpha value is -2.04. The average Bonchev–Trinajstić information content (AvgIpc) is 2.26. The monoisotopic (exact) mass is 237 g/mol. The van der Waals surface area contributed by atoms with E-state index in [2.05, 4.69) is 0 Å². The standard InChI is InChI=1S/C12H15NO4/c1-8(14)13(2)11(12(16)17)7-9-3-5-10(15)6-4-9/h3-6,11,15H,7H2,1-2H3,(H,16,17). The molecule has 0 aromatic heterocycles. The molecule has 0 saturated carbocycles. The van der Waals surface area contributed by atoms with Crippen molar-refractivity contribution in [2.45, 2.75) is 19.4 Å². The summed E-state index contributed by atoms with van der Waals surface area (Å²) in [6.45, 7) is 1.33. The van der Waals surface area contributed by atoms with Gasteiger partial charge in [-0.3, -0.25) is 4.79 Å². The summed E-state index contributed by atoms with van der Waals surface area (Å²) in [5.74, 6) is -1.22. The van der Waals surface area contributed by atoms with E-state index in [1.54, 1.807) is 12.1 Å². The fourth-order valence-electron chi connectivity index (χ4n) is 1.46. The number of carbonyl (C=O) groups excluding carboxylic acids is 1. The number of carbonyl (C=O) groups is 2. The van der Waals surface area contributed by atoms with E-state index in [0.29, 0.717) is 0 Å². The van der Waals surface area contributed by atoms with Crippen LogP contribution < -0.4 is 0 Å². The van der Waals surface area contributed by atoms with E-state index in [1.807, 2.05) is 0 Å². The van der Waals surface area contributed by atoms with Gasteiger partial charge in [-0.05, 0) is 17.7 Å². The van der Waals surface area contributed by atoms with Crippen molar-refractivity contribution in [1.82, 2.24) is 4.90 Å². The summed E-state index contributed by atoms with van der Waals surface area (Å²) in [5, 5.41) is 18.2. The first kappa shape index (κ1) is 13.0. The van der Waals surface area contributed by atoms with Gasteiger partial charge < -0.3 is 15.1 Å². The quantitative estimate of drug-likeness (QED) is 0.814. The first-order valence-electron chi connectivity index (χ1n) is 5.16. The second-order valence-corrected chi connectivity index (χ2v) is 3.85. The third-order valence-electron chi connectivity index (χ3n) is 2.61. The van der Waals surface area contributed by atoms with Gasteiger partial charge in [0.05, 0.1) is 0 Å². The van der Waals surface area contributed by atoms with Gasteiger partial charge in [0.2, 0.25) is 5.91 Å². The van der Waals surface area contributed by atoms with Gasteiger partial charge in [0.15, 0.2) is 0 Å². The lowest BCUT2D eigenvalue weighted by Gasteiger charge is -2.23. The van der Waals surface area contributed by atoms with Crippen LogP contribution in [-0.2, 0) is 16.0 Å². The zero-order valence-electron chi connectivity index (χ0n) is 9.75. The number of likely N-dealkylation sites (N-methyl/N-ethyl adjacent to an activating group) is 1. The number of carboxylic acids is 1. The Kier molecular flexibility index (Phi) is 4.09. The fraction of sp³-hybridized carbons (Fsp3) is 0.333. The minimum atomic E-state index is -1.05. The van der Waals surface area contributed by atoms with Crippen LogP contribution in [0.4, 0.5) is 0 Å². The molecule has 0 fully saturated rings. The number of rotatable bonds is 4. The molecule has 0 spiro atoms. The van der Waals surface area contributed by atoms with Crippen molar-refractivity contribution in [3.05, 3.63) is 29.8 Å². The van der Waals surface area contributed by atoms with E-state index in [0.717, 1.165) is 5.56 Å². The van der Waals surface area contributed by atoms with Crippen molar-refractivity contribution in [2.24, 2.45) is 0 Å². The third kappa shape index (κ3) is 3.48. The van der Waals surface area contributed by atoms with Gasteiger partial charge >= 0.3 is 5.97 Å². The molecule has 5 heteroatoms. The molecule has 1 aromatic carbocycles. The van der Waals surface area contributed by atoms with Crippen LogP contribution in [0.25, 0.3) is 0 Å². The summed E-state index contributed by atoms with van der Waals surface area (Å²) in [4.78, 5) is 23.4. The molecule has 0 aliphatic carbocycles. The fourth-order valence-corrected chi connectivity index (χ4v) is 1.46. The number of aliphatic carboxylic acids is 1. The number of hydrogen-bond donors (Lipinski definition) is 2. The van der Waals surface area contributed by atoms with Gasteiger partial charge in [-0.15, -0.1) is 0 Å². The maximum absolute atomic E-state index is 11.2. The number of hydrogen-bond acceptors (Lipinski definition) is 3. The zero-order valence-corrected chi connectivity index (χ0v) is 9.75. The number of phenolic OH excluding ortho intramolecular Hbond substituents is 1. The predicted molar refractivity (Wildman–Crippen MR) is 61.7 cm³/mol. The van der Waals surface area contributed by atoms with E-state index in [9.17, 15) is 9.59 Å². The van der Waals surface area contributed by atoms with Crippen molar-refractivity contribution in [1.29, 1.82) is 0 Å². The summed E-state index contributed by atoms with van der Waals surface area (Å²) in [6, 6.07) is 5.36. The maximum atomic E-state index is 11.2. The summed E-state index contributed by atoms with van der Waals surface area (Å²) >= 11 is 0. The van der Waals surface area contributed by atoms with Crippen molar-refractivity contribution < 1.29 is 19.8 Å². The Bertz CT molecular complexity index is 413. The number of amides is 1. The lowest BCUT2D eigenvalue weighted by molar-refractivity contribution is -0.148. The van der Waals surface area contributed by atoms with Gasteiger partial charge in [0.25, 0.3) is 0 Å². The average molecular weight is 237 g/mol. The van der Waals surface area contributed by atoms with Crippen LogP contribution in [0.1, 0.15) is 12.5 Å². The van der Waals surface area contributed by atoms with Crippen LogP contribution >= 0.6 is 0 Å². The highest BCUT2D eigenvalue weighted by Gasteiger charge is 2.24. The molecule has 92 valence electrons. The van der Waals surface area contributed by atoms with E-state index < -0.39 is 12.0 Å². The largest absolute Gasteiger partial charge is 0.508 e. The molecule has 1 unspecified atom stereocenters. The van der Waals surface area contributed by atoms with E-state index in [-0.39, 0.29) is 18.1 Å². The molecular weight excluding hydrogens is 222 g/mol. The van der Waals surface area contributed by atoms with Crippen molar-refractivity contribution in [2.75, 3.05) is 7.05 Å². The van der Waals surface area contributed by atoms with Gasteiger partial charge in [-0.25, -0.2) is 4.79 Å². The van der Waals surface area contributed by atoms with Crippen LogP contribution in [0.3, 0.4) is 0 Å². The lowest BCUT2D eigenvalue weighted by Crippen LogP contribution is -2.42. The van der Waals surface area contributed by atoms with Crippen molar-refractivity contribution in [3.8, 4) is 5.75 Å². The highest BCUT2D eigenvalue weighted by Crippen LogP contribution is 2.13. The number of aromatic hydroxyl groups is 1. The first-order valence-corrected chi connectivity index (χ1v) is 5.16. The third-order valence-corrected chi connectivity index (χ3v) is 2.61. The Morgan fingerprint density at radius 1 is 1.29 bits per heavy atom. The Morgan fingerprint density at radius 3 is 2.24 bits per heavy atom. The molecule has 1 aromatic rings. The van der Waals surface area contributed by atoms with Gasteiger partial charge in [0.1, 0.15) is 11.8 Å². The predicted octanol–water partition coefficient (Wildman–Crippen LogP) is 0.866. The second kappa shape index (κ2) is 5.34. The molecule has 2 N–H and O–H groups in total. The van der Waals surface area contributed by atoms with Gasteiger partial charge in [-0.2, -0.15) is 0 Å². The van der Waals surface area contributed by atoms with Crippen LogP contribution in [-0.4, -0.2) is 40.1 Å². The summed E-state index contributed by atoms with van der Waals surface area (Å²) < 4.78 is 0. The molecule has 0 radical (unpaired) electrons. The Morgan fingerprint density at radius 2 is 1.82 bits per heavy atom. The molecule has 1 atom stereocenters. The maximum Gasteiger partial charge on any atom is 0.326 e. The lowest BCUT2D eigenvalue weighted by atomic mass is 10.0. The number of benzene rings is 1. The molecule has 1 amide bonds. The summed E-state index contributed by atoms with van der Waals surface area (Å²) in [6.07, 6.45) is 0.214. The molecule has 0 heterocycles. The molecule has 0 bridgehead atoms. The van der Waals surface area contributed by atoms with Crippen LogP contribution in [0.5, 0.6) is 5.75 Å². The van der Waals surface area contributed by atoms with E-state index in [1.165, 1.54) is 31.0 Å². The summed E-state index contributed by atoms with van der Waals surface area (Å²) in [5.41, 5.74) is 0.753. The van der Waals surface area contributed by atoms with Crippen LogP contribution in [0.2, 0.25) is 0 Å². The Labute approximate surface area is 99.3 Å². The topological polar surface area (TPSA) is 77.8 Å². The summed E-state index contributed by atoms with van der Waals surface area (Å²) in [7, 11) is 1.46. The van der Waals surface area contributed by atoms with Gasteiger partial charge in [0, 0.05) is 20.4 Å². The number of carboxylic acid groups (broad SMARTS) is 1. The molecule has 0 saturated heterocycles. The first-order chi connectivity index (χ1) is 7.91. The zero-order chi connectivity index (χ0) is 13.0. The molecule has 0 aliphatic rings. The number of nitrogens with zero attached hydrogens (tertiary/aromatic N) is 1. The SMILES string of the molecule is CC(=O)N(C)C(Cc1ccc(O)cc1)C(=O)O. The molecule has 5 nitrogen and oxygen atoms in total. The molecule has 17 heavy (non-hydrogen) atoms. The normalized spacial score (nSPS) is 11.9. The second-order valence-electron chi connectivity index (χ2n) is 3.85. The Balaban J connectivity index is 2.84. The smallest absolute Gasteiger partial charge is 0.326 e. The van der Waals surface area contributed by atoms with Crippen molar-refractivity contribution in [3.63, 3.8) is 0 Å². The van der Waals surface area contributed by atoms with Crippen LogP contribution in [0.15, 0.2) is 24.3 Å². The minimum Gasteiger partial charge on any atom is -0.508 e. The molecule has 1 rings (SSSR count). The van der Waals surface area contributed by atoms with Crippen molar-refractivity contribution >= 4 is 11.9 Å². The molecule has 0 aliphatic heterocycles. The highest BCUT2D eigenvalue weighted by atomic mass is 16.4. The highest BCUT2D eigenvalue weighted by molar-refractivity contribution is 5.82. The minimum absolute atomic E-state index is 0.126. The number of phenols is 1. The van der Waals surface area contributed by atoms with Crippen LogP contribution in [0, 0.1) is 0 Å².